The largest absolute Gasteiger partial charge is 0.481 e. The van der Waals surface area contributed by atoms with E-state index < -0.39 is 11.6 Å². The van der Waals surface area contributed by atoms with Gasteiger partial charge in [0, 0.05) is 26.6 Å². The van der Waals surface area contributed by atoms with Crippen LogP contribution < -0.4 is 5.32 Å². The number of hydrogen-bond acceptors (Lipinski definition) is 4. The molecule has 2 aliphatic heterocycles. The maximum Gasteiger partial charge on any atom is 0.300 e. The van der Waals surface area contributed by atoms with E-state index in [4.69, 9.17) is 14.6 Å². The second kappa shape index (κ2) is 5.94. The Labute approximate surface area is 135 Å². The van der Waals surface area contributed by atoms with Gasteiger partial charge in [0.25, 0.3) is 11.9 Å². The minimum atomic E-state index is -0.833. The molecular weight excluding hydrogens is 296 g/mol. The fraction of sp³-hybridized carbons (Fsp3) is 0.529. The number of aliphatic carboxylic acids is 1. The van der Waals surface area contributed by atoms with E-state index in [2.05, 4.69) is 17.4 Å². The first-order valence-electron chi connectivity index (χ1n) is 7.89. The number of carboxylic acids is 1. The Morgan fingerprint density at radius 2 is 1.91 bits per heavy atom. The maximum atomic E-state index is 12.5. The molecule has 1 saturated carbocycles. The molecule has 1 aromatic carbocycles. The molecule has 23 heavy (non-hydrogen) atoms. The summed E-state index contributed by atoms with van der Waals surface area (Å²) in [5, 5.41) is 10.7. The van der Waals surface area contributed by atoms with Gasteiger partial charge in [-0.3, -0.25) is 9.59 Å². The van der Waals surface area contributed by atoms with Gasteiger partial charge in [0.1, 0.15) is 11.2 Å². The van der Waals surface area contributed by atoms with Crippen LogP contribution in [-0.4, -0.2) is 52.7 Å². The van der Waals surface area contributed by atoms with Gasteiger partial charge >= 0.3 is 0 Å². The van der Waals surface area contributed by atoms with Crippen LogP contribution in [0.1, 0.15) is 25.3 Å². The lowest BCUT2D eigenvalue weighted by atomic mass is 9.92. The third kappa shape index (κ3) is 3.38. The van der Waals surface area contributed by atoms with Crippen molar-refractivity contribution in [3.8, 4) is 0 Å². The molecule has 1 aliphatic carbocycles. The van der Waals surface area contributed by atoms with Crippen LogP contribution in [0, 0.1) is 0 Å². The van der Waals surface area contributed by atoms with Crippen molar-refractivity contribution >= 4 is 11.9 Å². The first-order chi connectivity index (χ1) is 10.9. The summed E-state index contributed by atoms with van der Waals surface area (Å²) in [4.78, 5) is 23.5. The fourth-order valence-electron chi connectivity index (χ4n) is 3.15. The topological polar surface area (TPSA) is 78.9 Å². The molecule has 0 aromatic heterocycles. The number of benzene rings is 1. The van der Waals surface area contributed by atoms with E-state index in [0.29, 0.717) is 6.54 Å². The van der Waals surface area contributed by atoms with Gasteiger partial charge in [-0.15, -0.1) is 0 Å². The van der Waals surface area contributed by atoms with Gasteiger partial charge in [-0.2, -0.15) is 0 Å². The minimum absolute atomic E-state index is 0.126. The van der Waals surface area contributed by atoms with Crippen LogP contribution in [0.5, 0.6) is 0 Å². The number of carbonyl (C=O) groups is 2. The molecule has 2 heterocycles. The van der Waals surface area contributed by atoms with Crippen LogP contribution >= 0.6 is 0 Å². The molecule has 124 valence electrons. The zero-order chi connectivity index (χ0) is 16.5. The first-order valence-corrected chi connectivity index (χ1v) is 7.89. The summed E-state index contributed by atoms with van der Waals surface area (Å²) in [5.41, 5.74) is 0.588. The normalized spacial score (nSPS) is 23.0. The van der Waals surface area contributed by atoms with E-state index in [-0.39, 0.29) is 11.5 Å². The van der Waals surface area contributed by atoms with Gasteiger partial charge < -0.3 is 20.1 Å². The molecule has 0 unspecified atom stereocenters. The minimum Gasteiger partial charge on any atom is -0.481 e. The summed E-state index contributed by atoms with van der Waals surface area (Å²) in [6.07, 6.45) is 1.78. The number of carboxylic acid groups (broad SMARTS) is 1. The quantitative estimate of drug-likeness (QED) is 0.851. The third-order valence-corrected chi connectivity index (χ3v) is 4.38. The van der Waals surface area contributed by atoms with Crippen molar-refractivity contribution in [1.82, 2.24) is 10.2 Å². The van der Waals surface area contributed by atoms with Crippen molar-refractivity contribution in [1.29, 1.82) is 0 Å². The molecule has 3 fully saturated rings. The van der Waals surface area contributed by atoms with E-state index in [9.17, 15) is 4.79 Å². The summed E-state index contributed by atoms with van der Waals surface area (Å²) in [6.45, 7) is 4.24. The molecule has 0 bridgehead atoms. The molecule has 6 heteroatoms. The van der Waals surface area contributed by atoms with Crippen LogP contribution in [0.2, 0.25) is 0 Å². The fourth-order valence-corrected chi connectivity index (χ4v) is 3.15. The van der Waals surface area contributed by atoms with Crippen LogP contribution in [0.4, 0.5) is 0 Å². The highest BCUT2D eigenvalue weighted by Gasteiger charge is 2.62. The average Bonchev–Trinajstić information content (AvgIpc) is 3.23. The van der Waals surface area contributed by atoms with Gasteiger partial charge in [0.2, 0.25) is 0 Å². The lowest BCUT2D eigenvalue weighted by molar-refractivity contribution is -0.202. The van der Waals surface area contributed by atoms with Crippen LogP contribution in [-0.2, 0) is 20.9 Å². The summed E-state index contributed by atoms with van der Waals surface area (Å²) >= 11 is 0. The number of nitrogens with one attached hydrogen (secondary N) is 1. The standard InChI is InChI=1S/C15H18N2O2.C2H4O2/c18-13-15(6-7-15)19-14(9-16-10-14)11-17(13)8-12-4-2-1-3-5-12;1-2(3)4/h1-5,16H,6-11H2;1H3,(H,3,4). The van der Waals surface area contributed by atoms with E-state index in [1.54, 1.807) is 0 Å². The maximum absolute atomic E-state index is 12.5. The van der Waals surface area contributed by atoms with Crippen molar-refractivity contribution < 1.29 is 19.4 Å². The Hall–Kier alpha value is -1.92. The van der Waals surface area contributed by atoms with Crippen LogP contribution in [0.25, 0.3) is 0 Å². The molecule has 0 radical (unpaired) electrons. The Bertz CT molecular complexity index is 590. The lowest BCUT2D eigenvalue weighted by Gasteiger charge is -2.51. The predicted molar refractivity (Wildman–Crippen MR) is 83.8 cm³/mol. The Morgan fingerprint density at radius 3 is 2.39 bits per heavy atom. The van der Waals surface area contributed by atoms with E-state index in [0.717, 1.165) is 39.4 Å². The highest BCUT2D eigenvalue weighted by Crippen LogP contribution is 2.48. The number of morpholine rings is 1. The van der Waals surface area contributed by atoms with Gasteiger partial charge in [0.05, 0.1) is 6.54 Å². The number of nitrogens with zero attached hydrogens (tertiary/aromatic N) is 1. The summed E-state index contributed by atoms with van der Waals surface area (Å²) in [6, 6.07) is 10.2. The Morgan fingerprint density at radius 1 is 1.30 bits per heavy atom. The van der Waals surface area contributed by atoms with Crippen LogP contribution in [0.15, 0.2) is 30.3 Å². The van der Waals surface area contributed by atoms with Crippen molar-refractivity contribution in [2.24, 2.45) is 0 Å². The van der Waals surface area contributed by atoms with Gasteiger partial charge in [-0.1, -0.05) is 30.3 Å². The molecule has 2 spiro atoms. The number of ether oxygens (including phenoxy) is 1. The molecule has 4 rings (SSSR count). The third-order valence-electron chi connectivity index (χ3n) is 4.38. The molecular formula is C17H22N2O4. The monoisotopic (exact) mass is 318 g/mol. The summed E-state index contributed by atoms with van der Waals surface area (Å²) in [7, 11) is 0. The van der Waals surface area contributed by atoms with Crippen molar-refractivity contribution in [3.63, 3.8) is 0 Å². The molecule has 1 aromatic rings. The second-order valence-electron chi connectivity index (χ2n) is 6.55. The zero-order valence-corrected chi connectivity index (χ0v) is 13.2. The Balaban J connectivity index is 0.000000354. The second-order valence-corrected chi connectivity index (χ2v) is 6.55. The molecule has 1 amide bonds. The highest BCUT2D eigenvalue weighted by atomic mass is 16.5. The molecule has 0 atom stereocenters. The van der Waals surface area contributed by atoms with E-state index in [1.807, 2.05) is 23.1 Å². The van der Waals surface area contributed by atoms with Gasteiger partial charge in [-0.25, -0.2) is 0 Å². The summed E-state index contributed by atoms with van der Waals surface area (Å²) < 4.78 is 6.13. The van der Waals surface area contributed by atoms with E-state index in [1.165, 1.54) is 5.56 Å². The van der Waals surface area contributed by atoms with Crippen molar-refractivity contribution in [2.75, 3.05) is 19.6 Å². The summed E-state index contributed by atoms with van der Waals surface area (Å²) in [5.74, 6) is -0.645. The SMILES string of the molecule is CC(=O)O.O=C1N(Cc2ccccc2)CC2(CNC2)OC12CC2. The number of hydrogen-bond donors (Lipinski definition) is 2. The van der Waals surface area contributed by atoms with Crippen molar-refractivity contribution in [2.45, 2.75) is 37.5 Å². The zero-order valence-electron chi connectivity index (χ0n) is 13.2. The molecule has 3 aliphatic rings. The van der Waals surface area contributed by atoms with Gasteiger partial charge in [0.15, 0.2) is 0 Å². The first kappa shape index (κ1) is 16.0. The van der Waals surface area contributed by atoms with Crippen molar-refractivity contribution in [3.05, 3.63) is 35.9 Å². The highest BCUT2D eigenvalue weighted by molar-refractivity contribution is 5.89. The predicted octanol–water partition coefficient (Wildman–Crippen LogP) is 1.01. The van der Waals surface area contributed by atoms with Crippen LogP contribution in [0.3, 0.4) is 0 Å². The molecule has 2 N–H and O–H groups in total. The molecule has 2 saturated heterocycles. The lowest BCUT2D eigenvalue weighted by Crippen LogP contribution is -2.72. The number of amides is 1. The van der Waals surface area contributed by atoms with E-state index >= 15 is 0 Å². The average molecular weight is 318 g/mol. The number of rotatable bonds is 2. The Kier molecular flexibility index (Phi) is 4.12. The smallest absolute Gasteiger partial charge is 0.300 e. The number of carbonyl (C=O) groups excluding carboxylic acids is 1. The molecule has 6 nitrogen and oxygen atoms in total. The van der Waals surface area contributed by atoms with Gasteiger partial charge in [-0.05, 0) is 18.4 Å².